The van der Waals surface area contributed by atoms with E-state index in [1.165, 1.54) is 58.2 Å². The van der Waals surface area contributed by atoms with Crippen LogP contribution in [0.4, 0.5) is 52.7 Å². The largest absolute Gasteiger partial charge is 0.488 e. The lowest BCUT2D eigenvalue weighted by Gasteiger charge is -2.35. The van der Waals surface area contributed by atoms with Crippen molar-refractivity contribution in [2.24, 2.45) is 16.2 Å². The molecule has 10 aromatic carbocycles. The zero-order valence-corrected chi connectivity index (χ0v) is 90.9. The van der Waals surface area contributed by atoms with Crippen molar-refractivity contribution in [3.05, 3.63) is 298 Å². The van der Waals surface area contributed by atoms with Gasteiger partial charge in [0.25, 0.3) is 0 Å². The van der Waals surface area contributed by atoms with E-state index in [1.54, 1.807) is 57.2 Å². The monoisotopic (exact) mass is 2120 g/mol. The fourth-order valence-corrected chi connectivity index (χ4v) is 19.4. The molecule has 4 N–H and O–H groups in total. The average Bonchev–Trinajstić information content (AvgIpc) is 0.712. The van der Waals surface area contributed by atoms with Crippen molar-refractivity contribution in [1.82, 2.24) is 6.15 Å². The van der Waals surface area contributed by atoms with Gasteiger partial charge in [-0.1, -0.05) is 238 Å². The molecule has 17 nitrogen and oxygen atoms in total. The van der Waals surface area contributed by atoms with Crippen molar-refractivity contribution in [2.45, 2.75) is 316 Å². The van der Waals surface area contributed by atoms with Gasteiger partial charge in [0.15, 0.2) is 55.0 Å². The summed E-state index contributed by atoms with van der Waals surface area (Å²) in [5.41, 5.74) is -6.04. The summed E-state index contributed by atoms with van der Waals surface area (Å²) in [6, 6.07) is 83.2. The number of halogens is 12. The highest BCUT2D eigenvalue weighted by atomic mass is 32.3. The molecule has 0 bridgehead atoms. The zero-order valence-electron chi connectivity index (χ0n) is 86.8. The normalized spacial score (nSPS) is 13.4. The predicted molar refractivity (Wildman–Crippen MR) is 549 cm³/mol. The molecule has 0 radical (unpaired) electrons. The third kappa shape index (κ3) is 35.6. The first-order chi connectivity index (χ1) is 65.3. The van der Waals surface area contributed by atoms with Gasteiger partial charge < -0.3 is 38.5 Å². The van der Waals surface area contributed by atoms with E-state index < -0.39 is 85.9 Å². The lowest BCUT2D eigenvalue weighted by Crippen LogP contribution is -2.61. The van der Waals surface area contributed by atoms with E-state index in [0.717, 1.165) is 55.4 Å². The van der Waals surface area contributed by atoms with E-state index in [1.807, 2.05) is 121 Å². The first-order valence-corrected chi connectivity index (χ1v) is 52.9. The Kier molecular flexibility index (Phi) is 43.8. The highest BCUT2D eigenvalue weighted by molar-refractivity contribution is 8.13. The van der Waals surface area contributed by atoms with Crippen LogP contribution in [0, 0.1) is 16.2 Å². The van der Waals surface area contributed by atoms with Gasteiger partial charge >= 0.3 is 50.2 Å². The van der Waals surface area contributed by atoms with Gasteiger partial charge in [-0.05, 0) is 291 Å². The molecule has 34 heteroatoms. The molecule has 10 rings (SSSR count). The lowest BCUT2D eigenvalue weighted by molar-refractivity contribution is -0.258. The van der Waals surface area contributed by atoms with Gasteiger partial charge in [-0.3, -0.25) is 14.4 Å². The number of ether oxygens (including phenoxy) is 4. The Morgan fingerprint density at radius 2 is 0.625 bits per heavy atom. The highest BCUT2D eigenvalue weighted by Crippen LogP contribution is 2.54. The molecule has 0 amide bonds. The smallest absolute Gasteiger partial charge is 0.480 e. The number of aliphatic hydroxyl groups is 1. The minimum atomic E-state index is -8.00. The van der Waals surface area contributed by atoms with Crippen LogP contribution in [0.15, 0.2) is 290 Å². The number of ketones is 1. The second kappa shape index (κ2) is 50.0. The van der Waals surface area contributed by atoms with Gasteiger partial charge in [-0.25, -0.2) is 16.8 Å². The molecule has 0 heterocycles. The number of nitrogens with zero attached hydrogens (tertiary/aromatic N) is 1. The Bertz CT molecular complexity index is 5770. The minimum absolute atomic E-state index is 0. The lowest BCUT2D eigenvalue weighted by atomic mass is 9.82. The number of hydrogen-bond donors (Lipinski definition) is 2. The Morgan fingerprint density at radius 3 is 0.889 bits per heavy atom. The summed E-state index contributed by atoms with van der Waals surface area (Å²) in [6.45, 7) is 53.6. The van der Waals surface area contributed by atoms with Crippen LogP contribution in [0.1, 0.15) is 252 Å². The molecule has 0 aliphatic rings. The first-order valence-electron chi connectivity index (χ1n) is 46.2. The molecule has 2 atom stereocenters. The molecule has 0 aliphatic carbocycles. The second-order valence-corrected chi connectivity index (χ2v) is 50.2. The van der Waals surface area contributed by atoms with Crippen LogP contribution >= 0.6 is 0 Å². The molecule has 792 valence electrons. The zero-order chi connectivity index (χ0) is 109. The third-order valence-corrected chi connectivity index (χ3v) is 31.6. The molecule has 0 spiro atoms. The molecule has 2 unspecified atom stereocenters. The maximum Gasteiger partial charge on any atom is 0.480 e. The standard InChI is InChI=1S/C30H39S.C18H15S.C17H17F9NO8S3.2C16H24O3.C13H17F3O.H3N/c1-28(2,3)22-10-16-25(17-11-22)31(26-18-12-23(13-19-26)29(4,5)6)27-20-14-24(15-21-27)30(7,8)9;1-4-10-16(11-5-1)19(17-12-6-2-7-13-17)18-14-8-3-9-15-18;1-4-13(2,3)12(28)9-10-5-7-11(8-6-10)35-38(33,34)16(22,23)14(18,19)15(20,21)36(29,30)27-37(31,32)17(24,25)26;2*1-7-16(5,6)14(17)18-12-8-10-13(11-9-12)19-15(2,3)4;1-4-9(2)10-5-7-11(8-6-10)12(3,17)13(14,15)16;/h10-21H,1-9H3;1-15H;5-8H,4,9H2,1-3H3;2*8-11H,7H2,1-6H3;5-9,17H,4H2,1-3H3;1H3/q2*+1;-1;;;;. The van der Waals surface area contributed by atoms with Crippen molar-refractivity contribution in [3.8, 4) is 28.7 Å². The fraction of sp³-hybridized carbons (Fsp3) is 0.427. The quantitative estimate of drug-likeness (QED) is 0.0145. The second-order valence-electron chi connectivity index (χ2n) is 41.1. The molecular formula is C110H139F12N2O15S5+. The van der Waals surface area contributed by atoms with E-state index >= 15 is 0 Å². The first kappa shape index (κ1) is 126. The number of hydrogen-bond acceptors (Lipinski definition) is 16. The van der Waals surface area contributed by atoms with Crippen LogP contribution in [-0.4, -0.2) is 87.4 Å². The number of carbonyl (C=O) groups excluding carboxylic acids is 3. The van der Waals surface area contributed by atoms with Crippen LogP contribution in [0.25, 0.3) is 4.13 Å². The van der Waals surface area contributed by atoms with Crippen LogP contribution in [-0.2, 0) is 94.6 Å². The van der Waals surface area contributed by atoms with E-state index in [-0.39, 0.29) is 90.7 Å². The van der Waals surface area contributed by atoms with E-state index in [0.29, 0.717) is 40.1 Å². The van der Waals surface area contributed by atoms with E-state index in [2.05, 4.69) is 230 Å². The number of rotatable bonds is 29. The summed E-state index contributed by atoms with van der Waals surface area (Å²) in [5.74, 6) is -6.63. The third-order valence-electron chi connectivity index (χ3n) is 22.8. The number of sulfonamides is 2. The number of benzene rings is 10. The molecule has 0 aromatic heterocycles. The van der Waals surface area contributed by atoms with Crippen molar-refractivity contribution < 1.29 is 121 Å². The van der Waals surface area contributed by atoms with Gasteiger partial charge in [0.1, 0.15) is 45.7 Å². The van der Waals surface area contributed by atoms with Gasteiger partial charge in [-0.15, -0.1) is 0 Å². The molecule has 0 saturated heterocycles. The van der Waals surface area contributed by atoms with Gasteiger partial charge in [0.05, 0.1) is 32.6 Å². The Balaban J connectivity index is 0.000000369. The Morgan fingerprint density at radius 1 is 0.347 bits per heavy atom. The van der Waals surface area contributed by atoms with E-state index in [4.69, 9.17) is 18.9 Å². The minimum Gasteiger partial charge on any atom is -0.488 e. The summed E-state index contributed by atoms with van der Waals surface area (Å²) in [6.07, 6.45) is -2.07. The SMILES string of the molecule is CC(C)(C)c1ccc([S+](c2ccc(C(C)(C)C)cc2)c2ccc(C(C)(C)C)cc2)cc1.CCC(C)(C)C(=O)Cc1ccc(OS(=O)(=O)C(F)(F)C(F)(F)C(F)(F)S(=O)(=O)[N-]S(=O)(=O)C(F)(F)F)cc1.CCC(C)(C)C(=O)Oc1ccc(OC(C)(C)C)cc1.CCC(C)(C)C(=O)Oc1ccc(OC(C)(C)C)cc1.CCC(C)c1ccc(C(C)(O)C(F)(F)F)cc1.N.c1ccc([S+](c2ccccc2)c2ccccc2)cc1. The van der Waals surface area contributed by atoms with Crippen molar-refractivity contribution in [3.63, 3.8) is 0 Å². The van der Waals surface area contributed by atoms with Gasteiger partial charge in [0, 0.05) is 11.8 Å². The molecular weight excluding hydrogens is 1980 g/mol. The van der Waals surface area contributed by atoms with Crippen molar-refractivity contribution in [2.75, 3.05) is 0 Å². The van der Waals surface area contributed by atoms with Crippen LogP contribution in [0.2, 0.25) is 0 Å². The number of esters is 2. The molecule has 144 heavy (non-hydrogen) atoms. The number of carbonyl (C=O) groups is 3. The van der Waals surface area contributed by atoms with Crippen molar-refractivity contribution in [1.29, 1.82) is 0 Å². The van der Waals surface area contributed by atoms with E-state index in [9.17, 15) is 97.4 Å². The summed E-state index contributed by atoms with van der Waals surface area (Å²) in [4.78, 5) is 44.3. The molecule has 0 fully saturated rings. The molecule has 0 aliphatic heterocycles. The average molecular weight is 2120 g/mol. The maximum atomic E-state index is 14.1. The fourth-order valence-electron chi connectivity index (χ4n) is 12.1. The van der Waals surface area contributed by atoms with Gasteiger partial charge in [-0.2, -0.15) is 61.1 Å². The molecule has 10 aromatic rings. The number of Topliss-reactive ketones (excluding diaryl/α,β-unsaturated/α-hetero) is 1. The summed E-state index contributed by atoms with van der Waals surface area (Å²) < 4.78 is 252. The molecule has 0 saturated carbocycles. The maximum absolute atomic E-state index is 14.1. The summed E-state index contributed by atoms with van der Waals surface area (Å²) >= 11 is 0. The van der Waals surface area contributed by atoms with Crippen LogP contribution in [0.5, 0.6) is 28.7 Å². The number of alkyl halides is 12. The Labute approximate surface area is 849 Å². The van der Waals surface area contributed by atoms with Crippen molar-refractivity contribution >= 4 is 69.7 Å². The van der Waals surface area contributed by atoms with Crippen LogP contribution in [0.3, 0.4) is 0 Å². The van der Waals surface area contributed by atoms with Gasteiger partial charge in [0.2, 0.25) is 0 Å². The topological polar surface area (TPSA) is 269 Å². The Hall–Kier alpha value is -10.2. The highest BCUT2D eigenvalue weighted by Gasteiger charge is 2.82. The predicted octanol–water partition coefficient (Wildman–Crippen LogP) is 30.3. The summed E-state index contributed by atoms with van der Waals surface area (Å²) in [7, 11) is -22.9. The summed E-state index contributed by atoms with van der Waals surface area (Å²) in [5, 5.41) is -5.22. The van der Waals surface area contributed by atoms with Crippen LogP contribution < -0.4 is 29.3 Å².